The molecule has 0 fully saturated rings. The fourth-order valence-electron chi connectivity index (χ4n) is 2.47. The molecule has 0 aromatic heterocycles. The summed E-state index contributed by atoms with van der Waals surface area (Å²) in [6.45, 7) is 0.401. The molecule has 0 saturated heterocycles. The molecule has 1 aliphatic heterocycles. The number of hydrogen-bond donors (Lipinski definition) is 0. The van der Waals surface area contributed by atoms with Gasteiger partial charge in [0.1, 0.15) is 5.82 Å². The molecule has 0 aliphatic carbocycles. The predicted molar refractivity (Wildman–Crippen MR) is 88.1 cm³/mol. The zero-order valence-corrected chi connectivity index (χ0v) is 13.8. The fraction of sp³-hybridized carbons (Fsp3) is 0.176. The molecule has 2 aromatic rings. The highest BCUT2D eigenvalue weighted by Crippen LogP contribution is 2.18. The Morgan fingerprint density at radius 3 is 2.50 bits per heavy atom. The maximum absolute atomic E-state index is 13.2. The van der Waals surface area contributed by atoms with Gasteiger partial charge in [-0.15, -0.1) is 0 Å². The predicted octanol–water partition coefficient (Wildman–Crippen LogP) is 2.48. The van der Waals surface area contributed by atoms with Crippen LogP contribution in [0, 0.1) is 5.82 Å². The Hall–Kier alpha value is -2.54. The third kappa shape index (κ3) is 3.35. The van der Waals surface area contributed by atoms with Crippen molar-refractivity contribution in [2.75, 3.05) is 12.8 Å². The molecule has 1 aliphatic rings. The zero-order chi connectivity index (χ0) is 17.3. The number of rotatable bonds is 3. The van der Waals surface area contributed by atoms with E-state index in [1.54, 1.807) is 18.2 Å². The summed E-state index contributed by atoms with van der Waals surface area (Å²) in [4.78, 5) is 12.6. The van der Waals surface area contributed by atoms with Gasteiger partial charge in [0.25, 0.3) is 5.91 Å². The van der Waals surface area contributed by atoms with E-state index in [2.05, 4.69) is 5.10 Å². The number of hydrazone groups is 1. The Labute approximate surface area is 139 Å². The van der Waals surface area contributed by atoms with Crippen LogP contribution in [0.2, 0.25) is 0 Å². The summed E-state index contributed by atoms with van der Waals surface area (Å²) >= 11 is 0. The van der Waals surface area contributed by atoms with Crippen LogP contribution in [-0.2, 0) is 9.84 Å². The number of halogens is 1. The van der Waals surface area contributed by atoms with Crippen LogP contribution in [0.1, 0.15) is 22.3 Å². The summed E-state index contributed by atoms with van der Waals surface area (Å²) in [5, 5.41) is 5.58. The third-order valence-electron chi connectivity index (χ3n) is 3.72. The highest BCUT2D eigenvalue weighted by atomic mass is 32.2. The van der Waals surface area contributed by atoms with Gasteiger partial charge in [0.15, 0.2) is 9.84 Å². The molecule has 0 spiro atoms. The number of sulfone groups is 1. The molecule has 0 radical (unpaired) electrons. The van der Waals surface area contributed by atoms with Crippen LogP contribution in [0.15, 0.2) is 58.5 Å². The van der Waals surface area contributed by atoms with Crippen molar-refractivity contribution in [1.29, 1.82) is 0 Å². The molecular weight excluding hydrogens is 331 g/mol. The number of benzene rings is 2. The Morgan fingerprint density at radius 1 is 1.17 bits per heavy atom. The van der Waals surface area contributed by atoms with Gasteiger partial charge in [-0.3, -0.25) is 4.79 Å². The SMILES string of the molecule is CS(=O)(=O)c1ccc(C2=NN(C(=O)c3cccc(F)c3)CC2)cc1. The number of amides is 1. The standard InChI is InChI=1S/C17H15FN2O3S/c1-24(22,23)15-7-5-12(6-8-15)16-9-10-20(19-16)17(21)13-3-2-4-14(18)11-13/h2-8,11H,9-10H2,1H3. The summed E-state index contributed by atoms with van der Waals surface area (Å²) in [6.07, 6.45) is 1.70. The largest absolute Gasteiger partial charge is 0.274 e. The van der Waals surface area contributed by atoms with Gasteiger partial charge in [-0.25, -0.2) is 17.8 Å². The summed E-state index contributed by atoms with van der Waals surface area (Å²) in [7, 11) is -3.25. The Morgan fingerprint density at radius 2 is 1.88 bits per heavy atom. The lowest BCUT2D eigenvalue weighted by atomic mass is 10.1. The van der Waals surface area contributed by atoms with E-state index in [0.717, 1.165) is 11.8 Å². The zero-order valence-electron chi connectivity index (χ0n) is 12.9. The first-order chi connectivity index (χ1) is 11.3. The number of carbonyl (C=O) groups is 1. The number of nitrogens with zero attached hydrogens (tertiary/aromatic N) is 2. The number of carbonyl (C=O) groups excluding carboxylic acids is 1. The van der Waals surface area contributed by atoms with Crippen LogP contribution < -0.4 is 0 Å². The molecule has 0 bridgehead atoms. The van der Waals surface area contributed by atoms with E-state index in [1.165, 1.54) is 35.3 Å². The fourth-order valence-corrected chi connectivity index (χ4v) is 3.10. The molecule has 0 saturated carbocycles. The second-order valence-corrected chi connectivity index (χ2v) is 7.55. The molecule has 2 aromatic carbocycles. The van der Waals surface area contributed by atoms with Crippen molar-refractivity contribution in [3.63, 3.8) is 0 Å². The minimum absolute atomic E-state index is 0.234. The molecule has 5 nitrogen and oxygen atoms in total. The van der Waals surface area contributed by atoms with E-state index in [-0.39, 0.29) is 16.4 Å². The molecular formula is C17H15FN2O3S. The van der Waals surface area contributed by atoms with E-state index in [4.69, 9.17) is 0 Å². The second-order valence-electron chi connectivity index (χ2n) is 5.53. The van der Waals surface area contributed by atoms with Crippen LogP contribution >= 0.6 is 0 Å². The van der Waals surface area contributed by atoms with E-state index < -0.39 is 15.7 Å². The molecule has 124 valence electrons. The van der Waals surface area contributed by atoms with Crippen LogP contribution in [0.3, 0.4) is 0 Å². The summed E-state index contributed by atoms with van der Waals surface area (Å²) < 4.78 is 36.2. The molecule has 3 rings (SSSR count). The number of hydrogen-bond acceptors (Lipinski definition) is 4. The topological polar surface area (TPSA) is 66.8 Å². The monoisotopic (exact) mass is 346 g/mol. The highest BCUT2D eigenvalue weighted by molar-refractivity contribution is 7.90. The first-order valence-corrected chi connectivity index (χ1v) is 9.19. The van der Waals surface area contributed by atoms with E-state index in [0.29, 0.717) is 18.7 Å². The van der Waals surface area contributed by atoms with Crippen molar-refractivity contribution in [3.05, 3.63) is 65.5 Å². The van der Waals surface area contributed by atoms with Crippen molar-refractivity contribution in [2.45, 2.75) is 11.3 Å². The van der Waals surface area contributed by atoms with Gasteiger partial charge in [0.2, 0.25) is 0 Å². The lowest BCUT2D eigenvalue weighted by molar-refractivity contribution is 0.0778. The highest BCUT2D eigenvalue weighted by Gasteiger charge is 2.23. The van der Waals surface area contributed by atoms with E-state index in [1.807, 2.05) is 0 Å². The van der Waals surface area contributed by atoms with Gasteiger partial charge in [-0.05, 0) is 35.9 Å². The summed E-state index contributed by atoms with van der Waals surface area (Å²) in [5.74, 6) is -0.835. The van der Waals surface area contributed by atoms with E-state index >= 15 is 0 Å². The summed E-state index contributed by atoms with van der Waals surface area (Å²) in [6, 6.07) is 11.9. The smallest absolute Gasteiger partial charge is 0.267 e. The van der Waals surface area contributed by atoms with Crippen molar-refractivity contribution in [2.24, 2.45) is 5.10 Å². The second kappa shape index (κ2) is 6.16. The van der Waals surface area contributed by atoms with Gasteiger partial charge < -0.3 is 0 Å². The normalized spacial score (nSPS) is 14.6. The molecule has 1 amide bonds. The van der Waals surface area contributed by atoms with Crippen molar-refractivity contribution in [3.8, 4) is 0 Å². The summed E-state index contributed by atoms with van der Waals surface area (Å²) in [5.41, 5.74) is 1.70. The average molecular weight is 346 g/mol. The van der Waals surface area contributed by atoms with Crippen LogP contribution in [0.4, 0.5) is 4.39 Å². The Balaban J connectivity index is 1.82. The Kier molecular flexibility index (Phi) is 4.19. The van der Waals surface area contributed by atoms with Gasteiger partial charge in [0, 0.05) is 18.2 Å². The minimum atomic E-state index is -3.25. The lowest BCUT2D eigenvalue weighted by Crippen LogP contribution is -2.23. The van der Waals surface area contributed by atoms with E-state index in [9.17, 15) is 17.6 Å². The van der Waals surface area contributed by atoms with Crippen LogP contribution in [-0.4, -0.2) is 37.8 Å². The molecule has 0 unspecified atom stereocenters. The van der Waals surface area contributed by atoms with Crippen molar-refractivity contribution in [1.82, 2.24) is 5.01 Å². The van der Waals surface area contributed by atoms with Gasteiger partial charge >= 0.3 is 0 Å². The first-order valence-electron chi connectivity index (χ1n) is 7.30. The average Bonchev–Trinajstić information content (AvgIpc) is 3.03. The first kappa shape index (κ1) is 16.3. The molecule has 0 N–H and O–H groups in total. The van der Waals surface area contributed by atoms with Crippen LogP contribution in [0.5, 0.6) is 0 Å². The molecule has 0 atom stereocenters. The van der Waals surface area contributed by atoms with Crippen molar-refractivity contribution >= 4 is 21.5 Å². The van der Waals surface area contributed by atoms with Gasteiger partial charge in [-0.2, -0.15) is 5.10 Å². The van der Waals surface area contributed by atoms with Crippen molar-refractivity contribution < 1.29 is 17.6 Å². The van der Waals surface area contributed by atoms with Crippen LogP contribution in [0.25, 0.3) is 0 Å². The third-order valence-corrected chi connectivity index (χ3v) is 4.85. The minimum Gasteiger partial charge on any atom is -0.267 e. The van der Waals surface area contributed by atoms with Gasteiger partial charge in [0.05, 0.1) is 17.2 Å². The maximum atomic E-state index is 13.2. The molecule has 7 heteroatoms. The molecule has 1 heterocycles. The Bertz CT molecular complexity index is 921. The molecule has 24 heavy (non-hydrogen) atoms. The lowest BCUT2D eigenvalue weighted by Gasteiger charge is -2.11. The van der Waals surface area contributed by atoms with Gasteiger partial charge in [-0.1, -0.05) is 18.2 Å². The maximum Gasteiger partial charge on any atom is 0.274 e. The quantitative estimate of drug-likeness (QED) is 0.857.